The molecule has 0 aliphatic carbocycles. The molecule has 1 amide bonds. The molecule has 0 spiro atoms. The Balaban J connectivity index is 3.64. The van der Waals surface area contributed by atoms with Crippen LogP contribution in [-0.4, -0.2) is 30.0 Å². The predicted octanol–water partition coefficient (Wildman–Crippen LogP) is 0.791. The molecule has 0 heterocycles. The maximum atomic E-state index is 10.7. The second-order valence-corrected chi connectivity index (χ2v) is 1.97. The van der Waals surface area contributed by atoms with E-state index < -0.39 is 0 Å². The van der Waals surface area contributed by atoms with Crippen molar-refractivity contribution in [1.29, 1.82) is 0 Å². The summed E-state index contributed by atoms with van der Waals surface area (Å²) in [7, 11) is 1.48. The van der Waals surface area contributed by atoms with Crippen LogP contribution < -0.4 is 0 Å². The van der Waals surface area contributed by atoms with Gasteiger partial charge in [-0.25, -0.2) is 5.06 Å². The van der Waals surface area contributed by atoms with Gasteiger partial charge in [0.2, 0.25) is 0 Å². The largest absolute Gasteiger partial charge is 0.274 e. The number of nitrogens with zero attached hydrogens (tertiary/aromatic N) is 1. The zero-order chi connectivity index (χ0) is 7.28. The van der Waals surface area contributed by atoms with Crippen LogP contribution >= 0.6 is 15.9 Å². The molecule has 0 aromatic rings. The van der Waals surface area contributed by atoms with E-state index in [1.165, 1.54) is 12.2 Å². The van der Waals surface area contributed by atoms with E-state index in [4.69, 9.17) is 4.84 Å². The highest BCUT2D eigenvalue weighted by atomic mass is 79.9. The number of hydrogen-bond acceptors (Lipinski definition) is 2. The third-order valence-electron chi connectivity index (χ3n) is 0.900. The molecule has 0 rings (SSSR count). The van der Waals surface area contributed by atoms with Crippen LogP contribution in [0.25, 0.3) is 0 Å². The van der Waals surface area contributed by atoms with E-state index in [1.54, 1.807) is 0 Å². The molecule has 0 aromatic carbocycles. The smallest absolute Gasteiger partial charge is 0.256 e. The molecule has 0 unspecified atom stereocenters. The van der Waals surface area contributed by atoms with E-state index in [-0.39, 0.29) is 5.91 Å². The summed E-state index contributed by atoms with van der Waals surface area (Å²) in [4.78, 5) is 15.4. The number of amides is 1. The van der Waals surface area contributed by atoms with Crippen molar-refractivity contribution >= 4 is 21.8 Å². The maximum Gasteiger partial charge on any atom is 0.256 e. The van der Waals surface area contributed by atoms with Crippen molar-refractivity contribution in [2.45, 2.75) is 6.92 Å². The highest BCUT2D eigenvalue weighted by Crippen LogP contribution is 1.91. The van der Waals surface area contributed by atoms with Crippen molar-refractivity contribution < 1.29 is 9.63 Å². The Bertz CT molecular complexity index is 93.0. The zero-order valence-corrected chi connectivity index (χ0v) is 7.14. The summed E-state index contributed by atoms with van der Waals surface area (Å²) in [5.74, 6) is -0.0556. The van der Waals surface area contributed by atoms with Gasteiger partial charge in [-0.3, -0.25) is 9.63 Å². The highest BCUT2D eigenvalue weighted by molar-refractivity contribution is 9.09. The van der Waals surface area contributed by atoms with Gasteiger partial charge in [0, 0.05) is 6.54 Å². The molecule has 0 bridgehead atoms. The number of alkyl halides is 1. The van der Waals surface area contributed by atoms with Crippen LogP contribution in [0.1, 0.15) is 6.92 Å². The normalized spacial score (nSPS) is 9.22. The fourth-order valence-electron chi connectivity index (χ4n) is 0.474. The number of hydrogen-bond donors (Lipinski definition) is 0. The summed E-state index contributed by atoms with van der Waals surface area (Å²) >= 11 is 3.03. The van der Waals surface area contributed by atoms with E-state index in [2.05, 4.69) is 15.9 Å². The third-order valence-corrected chi connectivity index (χ3v) is 1.38. The molecule has 54 valence electrons. The standard InChI is InChI=1S/C5H10BrNO2/c1-3-7(9-2)5(8)4-6/h3-4H2,1-2H3. The lowest BCUT2D eigenvalue weighted by molar-refractivity contribution is -0.171. The summed E-state index contributed by atoms with van der Waals surface area (Å²) in [6, 6.07) is 0. The van der Waals surface area contributed by atoms with E-state index in [0.717, 1.165) is 0 Å². The average molecular weight is 196 g/mol. The Kier molecular flexibility index (Phi) is 4.71. The minimum atomic E-state index is -0.0556. The Morgan fingerprint density at radius 1 is 1.78 bits per heavy atom. The first-order valence-corrected chi connectivity index (χ1v) is 3.78. The quantitative estimate of drug-likeness (QED) is 0.493. The van der Waals surface area contributed by atoms with Crippen molar-refractivity contribution in [3.63, 3.8) is 0 Å². The van der Waals surface area contributed by atoms with Gasteiger partial charge in [-0.05, 0) is 6.92 Å². The number of rotatable bonds is 3. The number of carbonyl (C=O) groups is 1. The molecule has 3 nitrogen and oxygen atoms in total. The first-order valence-electron chi connectivity index (χ1n) is 2.66. The van der Waals surface area contributed by atoms with E-state index >= 15 is 0 Å². The van der Waals surface area contributed by atoms with Gasteiger partial charge in [-0.2, -0.15) is 0 Å². The van der Waals surface area contributed by atoms with E-state index in [9.17, 15) is 4.79 Å². The first kappa shape index (κ1) is 8.91. The lowest BCUT2D eigenvalue weighted by Gasteiger charge is -2.15. The van der Waals surface area contributed by atoms with Crippen LogP contribution in [0.15, 0.2) is 0 Å². The lowest BCUT2D eigenvalue weighted by atomic mass is 10.6. The van der Waals surface area contributed by atoms with Gasteiger partial charge in [0.1, 0.15) is 0 Å². The van der Waals surface area contributed by atoms with Gasteiger partial charge in [-0.15, -0.1) is 0 Å². The SMILES string of the molecule is CCN(OC)C(=O)CBr. The van der Waals surface area contributed by atoms with Gasteiger partial charge >= 0.3 is 0 Å². The zero-order valence-electron chi connectivity index (χ0n) is 5.56. The summed E-state index contributed by atoms with van der Waals surface area (Å²) < 4.78 is 0. The second-order valence-electron chi connectivity index (χ2n) is 1.40. The fourth-order valence-corrected chi connectivity index (χ4v) is 0.754. The Morgan fingerprint density at radius 2 is 2.33 bits per heavy atom. The van der Waals surface area contributed by atoms with Crippen molar-refractivity contribution in [2.24, 2.45) is 0 Å². The summed E-state index contributed by atoms with van der Waals surface area (Å²) in [5, 5.41) is 1.60. The van der Waals surface area contributed by atoms with Gasteiger partial charge in [0.15, 0.2) is 0 Å². The molecule has 0 saturated carbocycles. The molecule has 0 N–H and O–H groups in total. The maximum absolute atomic E-state index is 10.7. The average Bonchev–Trinajstić information content (AvgIpc) is 1.90. The summed E-state index contributed by atoms with van der Waals surface area (Å²) in [5.41, 5.74) is 0. The number of halogens is 1. The third kappa shape index (κ3) is 2.81. The molecule has 0 saturated heterocycles. The molecule has 0 aliphatic rings. The molecule has 0 fully saturated rings. The molecular weight excluding hydrogens is 186 g/mol. The molecule has 0 aliphatic heterocycles. The van der Waals surface area contributed by atoms with Crippen molar-refractivity contribution in [1.82, 2.24) is 5.06 Å². The van der Waals surface area contributed by atoms with Gasteiger partial charge < -0.3 is 0 Å². The van der Waals surface area contributed by atoms with Crippen LogP contribution in [0.4, 0.5) is 0 Å². The van der Waals surface area contributed by atoms with Crippen LogP contribution in [0.5, 0.6) is 0 Å². The molecule has 9 heavy (non-hydrogen) atoms. The first-order chi connectivity index (χ1) is 4.26. The fraction of sp³-hybridized carbons (Fsp3) is 0.800. The highest BCUT2D eigenvalue weighted by Gasteiger charge is 2.06. The number of hydroxylamine groups is 2. The van der Waals surface area contributed by atoms with Gasteiger partial charge in [0.25, 0.3) is 5.91 Å². The minimum Gasteiger partial charge on any atom is -0.274 e. The van der Waals surface area contributed by atoms with Crippen LogP contribution in [0.3, 0.4) is 0 Å². The second kappa shape index (κ2) is 4.76. The number of carbonyl (C=O) groups excluding carboxylic acids is 1. The van der Waals surface area contributed by atoms with Crippen molar-refractivity contribution in [2.75, 3.05) is 19.0 Å². The van der Waals surface area contributed by atoms with Crippen LogP contribution in [0, 0.1) is 0 Å². The molecule has 0 atom stereocenters. The van der Waals surface area contributed by atoms with Gasteiger partial charge in [-0.1, -0.05) is 15.9 Å². The molecule has 4 heteroatoms. The van der Waals surface area contributed by atoms with E-state index in [1.807, 2.05) is 6.92 Å². The Morgan fingerprint density at radius 3 is 2.44 bits per heavy atom. The predicted molar refractivity (Wildman–Crippen MR) is 38.2 cm³/mol. The lowest BCUT2D eigenvalue weighted by Crippen LogP contribution is -2.30. The van der Waals surface area contributed by atoms with Crippen LogP contribution in [0.2, 0.25) is 0 Å². The monoisotopic (exact) mass is 195 g/mol. The Hall–Kier alpha value is -0.0900. The Labute approximate surface area is 63.1 Å². The summed E-state index contributed by atoms with van der Waals surface area (Å²) in [6.45, 7) is 2.44. The van der Waals surface area contributed by atoms with Crippen molar-refractivity contribution in [3.8, 4) is 0 Å². The van der Waals surface area contributed by atoms with E-state index in [0.29, 0.717) is 11.9 Å². The van der Waals surface area contributed by atoms with Gasteiger partial charge in [0.05, 0.1) is 12.4 Å². The topological polar surface area (TPSA) is 29.5 Å². The summed E-state index contributed by atoms with van der Waals surface area (Å²) in [6.07, 6.45) is 0. The van der Waals surface area contributed by atoms with Crippen LogP contribution in [-0.2, 0) is 9.63 Å². The molecule has 0 radical (unpaired) electrons. The van der Waals surface area contributed by atoms with Crippen molar-refractivity contribution in [3.05, 3.63) is 0 Å². The minimum absolute atomic E-state index is 0.0556. The molecular formula is C5H10BrNO2. The molecule has 0 aromatic heterocycles.